The first kappa shape index (κ1) is 10.2. The monoisotopic (exact) mass is 192 g/mol. The highest BCUT2D eigenvalue weighted by atomic mass is 16.5. The Morgan fingerprint density at radius 2 is 2.00 bits per heavy atom. The van der Waals surface area contributed by atoms with Crippen LogP contribution in [0.15, 0.2) is 18.2 Å². The molecule has 1 rings (SSSR count). The van der Waals surface area contributed by atoms with Gasteiger partial charge in [-0.25, -0.2) is 0 Å². The van der Waals surface area contributed by atoms with Gasteiger partial charge in [0.25, 0.3) is 0 Å². The van der Waals surface area contributed by atoms with Gasteiger partial charge in [0.15, 0.2) is 17.7 Å². The normalized spacial score (nSPS) is 8.93. The van der Waals surface area contributed by atoms with Crippen molar-refractivity contribution in [1.29, 1.82) is 5.26 Å². The lowest BCUT2D eigenvalue weighted by molar-refractivity contribution is 0.354. The fraction of sp³-hybridized carbons (Fsp3) is 0.300. The van der Waals surface area contributed by atoms with Gasteiger partial charge in [0.2, 0.25) is 0 Å². The van der Waals surface area contributed by atoms with E-state index < -0.39 is 0 Å². The molecule has 0 saturated carbocycles. The molecule has 1 aromatic carbocycles. The van der Waals surface area contributed by atoms with Crippen LogP contribution in [0.2, 0.25) is 0 Å². The van der Waals surface area contributed by atoms with Gasteiger partial charge < -0.3 is 14.8 Å². The van der Waals surface area contributed by atoms with Gasteiger partial charge in [-0.15, -0.1) is 0 Å². The van der Waals surface area contributed by atoms with Crippen molar-refractivity contribution >= 4 is 0 Å². The molecule has 0 aliphatic carbocycles. The SMILES string of the molecule is COc1ccc(CNC#N)cc1OC. The first-order valence-electron chi connectivity index (χ1n) is 4.14. The summed E-state index contributed by atoms with van der Waals surface area (Å²) in [5.41, 5.74) is 0.976. The molecule has 0 amide bonds. The predicted molar refractivity (Wildman–Crippen MR) is 52.0 cm³/mol. The summed E-state index contributed by atoms with van der Waals surface area (Å²) in [5.74, 6) is 1.36. The highest BCUT2D eigenvalue weighted by Crippen LogP contribution is 2.27. The number of hydrogen-bond donors (Lipinski definition) is 1. The fourth-order valence-corrected chi connectivity index (χ4v) is 1.13. The van der Waals surface area contributed by atoms with Gasteiger partial charge in [-0.2, -0.15) is 5.26 Å². The van der Waals surface area contributed by atoms with Crippen molar-refractivity contribution in [2.45, 2.75) is 6.54 Å². The first-order chi connectivity index (χ1) is 6.81. The van der Waals surface area contributed by atoms with Gasteiger partial charge in [-0.3, -0.25) is 0 Å². The molecule has 0 saturated heterocycles. The van der Waals surface area contributed by atoms with Crippen molar-refractivity contribution in [2.24, 2.45) is 0 Å². The minimum absolute atomic E-state index is 0.497. The third-order valence-electron chi connectivity index (χ3n) is 1.82. The summed E-state index contributed by atoms with van der Waals surface area (Å²) < 4.78 is 10.2. The zero-order valence-corrected chi connectivity index (χ0v) is 8.20. The highest BCUT2D eigenvalue weighted by molar-refractivity contribution is 5.42. The molecule has 0 heterocycles. The van der Waals surface area contributed by atoms with Crippen LogP contribution in [0.3, 0.4) is 0 Å². The Labute approximate surface area is 83.1 Å². The van der Waals surface area contributed by atoms with E-state index in [9.17, 15) is 0 Å². The number of ether oxygens (including phenoxy) is 2. The summed E-state index contributed by atoms with van der Waals surface area (Å²) in [4.78, 5) is 0. The average molecular weight is 192 g/mol. The van der Waals surface area contributed by atoms with E-state index in [1.54, 1.807) is 14.2 Å². The molecule has 0 aromatic heterocycles. The summed E-state index contributed by atoms with van der Waals surface area (Å²) in [6.45, 7) is 0.497. The van der Waals surface area contributed by atoms with Crippen LogP contribution in [0.1, 0.15) is 5.56 Å². The van der Waals surface area contributed by atoms with Crippen molar-refractivity contribution in [1.82, 2.24) is 5.32 Å². The maximum absolute atomic E-state index is 8.34. The molecule has 1 aromatic rings. The van der Waals surface area contributed by atoms with Crippen LogP contribution in [-0.4, -0.2) is 14.2 Å². The second kappa shape index (κ2) is 4.97. The Balaban J connectivity index is 2.85. The molecule has 0 aliphatic rings. The zero-order valence-electron chi connectivity index (χ0n) is 8.20. The second-order valence-corrected chi connectivity index (χ2v) is 2.65. The summed E-state index contributed by atoms with van der Waals surface area (Å²) in [6.07, 6.45) is 1.86. The lowest BCUT2D eigenvalue weighted by Gasteiger charge is -2.08. The molecule has 0 bridgehead atoms. The Bertz CT molecular complexity index is 344. The van der Waals surface area contributed by atoms with Crippen LogP contribution in [-0.2, 0) is 6.54 Å². The number of methoxy groups -OCH3 is 2. The van der Waals surface area contributed by atoms with Gasteiger partial charge in [0, 0.05) is 0 Å². The molecule has 0 spiro atoms. The van der Waals surface area contributed by atoms with E-state index >= 15 is 0 Å². The first-order valence-corrected chi connectivity index (χ1v) is 4.14. The molecular weight excluding hydrogens is 180 g/mol. The summed E-state index contributed by atoms with van der Waals surface area (Å²) in [5, 5.41) is 10.9. The van der Waals surface area contributed by atoms with Gasteiger partial charge in [0.1, 0.15) is 0 Å². The van der Waals surface area contributed by atoms with E-state index in [0.29, 0.717) is 18.0 Å². The van der Waals surface area contributed by atoms with Gasteiger partial charge >= 0.3 is 0 Å². The molecule has 14 heavy (non-hydrogen) atoms. The average Bonchev–Trinajstić information content (AvgIpc) is 2.25. The Kier molecular flexibility index (Phi) is 3.62. The Hall–Kier alpha value is -1.89. The maximum Gasteiger partial charge on any atom is 0.176 e. The van der Waals surface area contributed by atoms with Crippen molar-refractivity contribution in [3.63, 3.8) is 0 Å². The number of benzene rings is 1. The number of nitrogens with zero attached hydrogens (tertiary/aromatic N) is 1. The lowest BCUT2D eigenvalue weighted by Crippen LogP contribution is -2.04. The molecule has 74 valence electrons. The van der Waals surface area contributed by atoms with E-state index in [1.165, 1.54) is 0 Å². The van der Waals surface area contributed by atoms with Crippen molar-refractivity contribution in [3.8, 4) is 17.7 Å². The zero-order chi connectivity index (χ0) is 10.4. The quantitative estimate of drug-likeness (QED) is 0.576. The van der Waals surface area contributed by atoms with Crippen LogP contribution in [0.4, 0.5) is 0 Å². The standard InChI is InChI=1S/C10H12N2O2/c1-13-9-4-3-8(6-12-7-11)5-10(9)14-2/h3-5,12H,6H2,1-2H3. The molecule has 0 fully saturated rings. The molecule has 0 atom stereocenters. The molecule has 1 N–H and O–H groups in total. The van der Waals surface area contributed by atoms with E-state index in [2.05, 4.69) is 5.32 Å². The summed E-state index contributed by atoms with van der Waals surface area (Å²) in [6, 6.07) is 5.53. The van der Waals surface area contributed by atoms with Crippen LogP contribution >= 0.6 is 0 Å². The predicted octanol–water partition coefficient (Wildman–Crippen LogP) is 1.27. The Morgan fingerprint density at radius 3 is 2.57 bits per heavy atom. The minimum atomic E-state index is 0.497. The van der Waals surface area contributed by atoms with Crippen molar-refractivity contribution in [3.05, 3.63) is 23.8 Å². The van der Waals surface area contributed by atoms with E-state index in [-0.39, 0.29) is 0 Å². The maximum atomic E-state index is 8.34. The van der Waals surface area contributed by atoms with Crippen LogP contribution in [0, 0.1) is 11.5 Å². The Morgan fingerprint density at radius 1 is 1.29 bits per heavy atom. The van der Waals surface area contributed by atoms with E-state index in [4.69, 9.17) is 14.7 Å². The largest absolute Gasteiger partial charge is 0.493 e. The van der Waals surface area contributed by atoms with E-state index in [1.807, 2.05) is 24.4 Å². The van der Waals surface area contributed by atoms with Crippen molar-refractivity contribution < 1.29 is 9.47 Å². The molecule has 0 aliphatic heterocycles. The smallest absolute Gasteiger partial charge is 0.176 e. The van der Waals surface area contributed by atoms with E-state index in [0.717, 1.165) is 5.56 Å². The fourth-order valence-electron chi connectivity index (χ4n) is 1.13. The van der Waals surface area contributed by atoms with Gasteiger partial charge in [-0.05, 0) is 17.7 Å². The molecule has 0 radical (unpaired) electrons. The topological polar surface area (TPSA) is 54.3 Å². The minimum Gasteiger partial charge on any atom is -0.493 e. The number of hydrogen-bond acceptors (Lipinski definition) is 4. The number of rotatable bonds is 4. The van der Waals surface area contributed by atoms with Crippen LogP contribution in [0.25, 0.3) is 0 Å². The summed E-state index contributed by atoms with van der Waals surface area (Å²) >= 11 is 0. The van der Waals surface area contributed by atoms with Crippen LogP contribution in [0.5, 0.6) is 11.5 Å². The summed E-state index contributed by atoms with van der Waals surface area (Å²) in [7, 11) is 3.17. The molecular formula is C10H12N2O2. The lowest BCUT2D eigenvalue weighted by atomic mass is 10.2. The van der Waals surface area contributed by atoms with Crippen LogP contribution < -0.4 is 14.8 Å². The highest BCUT2D eigenvalue weighted by Gasteiger charge is 2.03. The van der Waals surface area contributed by atoms with Crippen molar-refractivity contribution in [2.75, 3.05) is 14.2 Å². The molecule has 4 nitrogen and oxygen atoms in total. The number of nitriles is 1. The second-order valence-electron chi connectivity index (χ2n) is 2.65. The molecule has 4 heteroatoms. The molecule has 0 unspecified atom stereocenters. The third-order valence-corrected chi connectivity index (χ3v) is 1.82. The third kappa shape index (κ3) is 2.30. The van der Waals surface area contributed by atoms with Gasteiger partial charge in [0.05, 0.1) is 20.8 Å². The van der Waals surface area contributed by atoms with Gasteiger partial charge in [-0.1, -0.05) is 6.07 Å². The number of nitrogens with one attached hydrogen (secondary N) is 1.